The molecule has 0 aliphatic heterocycles. The van der Waals surface area contributed by atoms with Crippen molar-refractivity contribution in [3.05, 3.63) is 70.2 Å². The number of ether oxygens (including phenoxy) is 1. The van der Waals surface area contributed by atoms with Gasteiger partial charge < -0.3 is 9.84 Å². The smallest absolute Gasteiger partial charge is 0.309 e. The molecule has 0 radical (unpaired) electrons. The molecule has 0 unspecified atom stereocenters. The fourth-order valence-corrected chi connectivity index (χ4v) is 3.22. The fourth-order valence-electron chi connectivity index (χ4n) is 2.19. The molecule has 3 aromatic rings. The van der Waals surface area contributed by atoms with Crippen LogP contribution >= 0.6 is 22.9 Å². The van der Waals surface area contributed by atoms with E-state index in [0.29, 0.717) is 17.3 Å². The van der Waals surface area contributed by atoms with E-state index in [1.807, 2.05) is 48.5 Å². The van der Waals surface area contributed by atoms with Crippen LogP contribution in [0.25, 0.3) is 10.6 Å². The largest absolute Gasteiger partial charge is 0.489 e. The Morgan fingerprint density at radius 2 is 2.04 bits per heavy atom. The summed E-state index contributed by atoms with van der Waals surface area (Å²) in [7, 11) is 0. The summed E-state index contributed by atoms with van der Waals surface area (Å²) in [6.45, 7) is 0.423. The van der Waals surface area contributed by atoms with Gasteiger partial charge in [0.1, 0.15) is 17.4 Å². The van der Waals surface area contributed by atoms with Gasteiger partial charge in [-0.3, -0.25) is 4.79 Å². The van der Waals surface area contributed by atoms with Crippen LogP contribution in [0.5, 0.6) is 5.75 Å². The van der Waals surface area contributed by atoms with Crippen LogP contribution in [0.4, 0.5) is 0 Å². The summed E-state index contributed by atoms with van der Waals surface area (Å²) in [5.74, 6) is -0.159. The molecule has 2 aromatic carbocycles. The molecule has 0 aliphatic rings. The third-order valence-electron chi connectivity index (χ3n) is 3.26. The topological polar surface area (TPSA) is 59.4 Å². The predicted molar refractivity (Wildman–Crippen MR) is 94.7 cm³/mol. The van der Waals surface area contributed by atoms with E-state index in [0.717, 1.165) is 21.9 Å². The van der Waals surface area contributed by atoms with Crippen LogP contribution in [0.1, 0.15) is 11.3 Å². The highest BCUT2D eigenvalue weighted by Crippen LogP contribution is 2.27. The first-order valence-electron chi connectivity index (χ1n) is 7.24. The number of halogens is 1. The van der Waals surface area contributed by atoms with Gasteiger partial charge in [-0.05, 0) is 29.8 Å². The standard InChI is InChI=1S/C18H14ClNO3S/c19-14-5-1-3-12(7-14)10-23-16-6-2-4-13(8-16)18-20-15(11-24-18)9-17(21)22/h1-8,11H,9-10H2,(H,21,22). The maximum absolute atomic E-state index is 10.7. The van der Waals surface area contributed by atoms with E-state index >= 15 is 0 Å². The average Bonchev–Trinajstić information content (AvgIpc) is 3.01. The summed E-state index contributed by atoms with van der Waals surface area (Å²) >= 11 is 7.39. The Labute approximate surface area is 148 Å². The molecule has 1 aromatic heterocycles. The van der Waals surface area contributed by atoms with Crippen LogP contribution in [0, 0.1) is 0 Å². The summed E-state index contributed by atoms with van der Waals surface area (Å²) in [6.07, 6.45) is -0.0680. The van der Waals surface area contributed by atoms with Crippen molar-refractivity contribution in [2.75, 3.05) is 0 Å². The molecule has 4 nitrogen and oxygen atoms in total. The highest BCUT2D eigenvalue weighted by Gasteiger charge is 2.09. The van der Waals surface area contributed by atoms with Crippen molar-refractivity contribution in [2.45, 2.75) is 13.0 Å². The summed E-state index contributed by atoms with van der Waals surface area (Å²) < 4.78 is 5.80. The third kappa shape index (κ3) is 4.34. The van der Waals surface area contributed by atoms with E-state index in [4.69, 9.17) is 21.4 Å². The third-order valence-corrected chi connectivity index (χ3v) is 4.43. The number of thiazole rings is 1. The number of aromatic nitrogens is 1. The lowest BCUT2D eigenvalue weighted by molar-refractivity contribution is -0.136. The zero-order chi connectivity index (χ0) is 16.9. The first-order chi connectivity index (χ1) is 11.6. The second-order valence-corrected chi connectivity index (χ2v) is 6.46. The Balaban J connectivity index is 1.72. The molecule has 0 saturated heterocycles. The van der Waals surface area contributed by atoms with Crippen molar-refractivity contribution in [1.82, 2.24) is 4.98 Å². The highest BCUT2D eigenvalue weighted by atomic mass is 35.5. The van der Waals surface area contributed by atoms with Crippen molar-refractivity contribution in [3.8, 4) is 16.3 Å². The molecular formula is C18H14ClNO3S. The molecule has 6 heteroatoms. The Kier molecular flexibility index (Phi) is 5.13. The van der Waals surface area contributed by atoms with Gasteiger partial charge in [0.05, 0.1) is 12.1 Å². The lowest BCUT2D eigenvalue weighted by Crippen LogP contribution is -1.99. The number of carboxylic acid groups (broad SMARTS) is 1. The number of hydrogen-bond acceptors (Lipinski definition) is 4. The van der Waals surface area contributed by atoms with E-state index < -0.39 is 5.97 Å². The molecule has 0 spiro atoms. The zero-order valence-electron chi connectivity index (χ0n) is 12.6. The number of carbonyl (C=O) groups is 1. The molecule has 0 aliphatic carbocycles. The highest BCUT2D eigenvalue weighted by molar-refractivity contribution is 7.13. The van der Waals surface area contributed by atoms with Crippen molar-refractivity contribution >= 4 is 28.9 Å². The van der Waals surface area contributed by atoms with Gasteiger partial charge in [0.15, 0.2) is 0 Å². The molecule has 1 heterocycles. The van der Waals surface area contributed by atoms with Gasteiger partial charge in [0, 0.05) is 16.0 Å². The molecule has 1 N–H and O–H groups in total. The quantitative estimate of drug-likeness (QED) is 0.694. The molecule has 0 amide bonds. The van der Waals surface area contributed by atoms with Crippen molar-refractivity contribution in [2.24, 2.45) is 0 Å². The number of nitrogens with zero attached hydrogens (tertiary/aromatic N) is 1. The summed E-state index contributed by atoms with van der Waals surface area (Å²) in [4.78, 5) is 15.1. The van der Waals surface area contributed by atoms with Gasteiger partial charge in [-0.15, -0.1) is 11.3 Å². The number of benzene rings is 2. The lowest BCUT2D eigenvalue weighted by atomic mass is 10.2. The predicted octanol–water partition coefficient (Wildman–Crippen LogP) is 4.67. The summed E-state index contributed by atoms with van der Waals surface area (Å²) in [6, 6.07) is 15.1. The Morgan fingerprint density at radius 3 is 2.83 bits per heavy atom. The van der Waals surface area contributed by atoms with E-state index in [1.165, 1.54) is 11.3 Å². The van der Waals surface area contributed by atoms with Crippen LogP contribution in [0.15, 0.2) is 53.9 Å². The maximum Gasteiger partial charge on any atom is 0.309 e. The Bertz CT molecular complexity index is 863. The molecule has 0 bridgehead atoms. The van der Waals surface area contributed by atoms with E-state index in [2.05, 4.69) is 4.98 Å². The van der Waals surface area contributed by atoms with Crippen LogP contribution in [-0.4, -0.2) is 16.1 Å². The molecule has 0 atom stereocenters. The van der Waals surface area contributed by atoms with Gasteiger partial charge in [0.25, 0.3) is 0 Å². The van der Waals surface area contributed by atoms with Gasteiger partial charge in [-0.25, -0.2) is 4.98 Å². The van der Waals surface area contributed by atoms with Crippen LogP contribution in [0.3, 0.4) is 0 Å². The van der Waals surface area contributed by atoms with Gasteiger partial charge in [-0.2, -0.15) is 0 Å². The minimum Gasteiger partial charge on any atom is -0.489 e. The first kappa shape index (κ1) is 16.5. The van der Waals surface area contributed by atoms with Crippen molar-refractivity contribution in [3.63, 3.8) is 0 Å². The van der Waals surface area contributed by atoms with Crippen molar-refractivity contribution < 1.29 is 14.6 Å². The van der Waals surface area contributed by atoms with Gasteiger partial charge >= 0.3 is 5.97 Å². The van der Waals surface area contributed by atoms with Crippen LogP contribution in [0.2, 0.25) is 5.02 Å². The van der Waals surface area contributed by atoms with Gasteiger partial charge in [-0.1, -0.05) is 35.9 Å². The van der Waals surface area contributed by atoms with E-state index in [-0.39, 0.29) is 6.42 Å². The first-order valence-corrected chi connectivity index (χ1v) is 8.50. The van der Waals surface area contributed by atoms with Gasteiger partial charge in [0.2, 0.25) is 0 Å². The minimum atomic E-state index is -0.884. The van der Waals surface area contributed by atoms with E-state index in [1.54, 1.807) is 5.38 Å². The molecule has 24 heavy (non-hydrogen) atoms. The van der Waals surface area contributed by atoms with E-state index in [9.17, 15) is 4.79 Å². The second-order valence-electron chi connectivity index (χ2n) is 5.16. The van der Waals surface area contributed by atoms with Crippen LogP contribution < -0.4 is 4.74 Å². The minimum absolute atomic E-state index is 0.0680. The fraction of sp³-hybridized carbons (Fsp3) is 0.111. The average molecular weight is 360 g/mol. The zero-order valence-corrected chi connectivity index (χ0v) is 14.2. The van der Waals surface area contributed by atoms with Crippen LogP contribution in [-0.2, 0) is 17.8 Å². The Morgan fingerprint density at radius 1 is 1.21 bits per heavy atom. The maximum atomic E-state index is 10.7. The molecule has 0 fully saturated rings. The number of carboxylic acids is 1. The summed E-state index contributed by atoms with van der Waals surface area (Å²) in [5, 5.41) is 12.0. The molecular weight excluding hydrogens is 346 g/mol. The number of rotatable bonds is 6. The molecule has 122 valence electrons. The molecule has 3 rings (SSSR count). The second kappa shape index (κ2) is 7.47. The molecule has 0 saturated carbocycles. The number of aliphatic carboxylic acids is 1. The monoisotopic (exact) mass is 359 g/mol. The lowest BCUT2D eigenvalue weighted by Gasteiger charge is -2.07. The van der Waals surface area contributed by atoms with Crippen molar-refractivity contribution in [1.29, 1.82) is 0 Å². The number of hydrogen-bond donors (Lipinski definition) is 1. The SMILES string of the molecule is O=C(O)Cc1csc(-c2cccc(OCc3cccc(Cl)c3)c2)n1. The summed E-state index contributed by atoms with van der Waals surface area (Å²) in [5.41, 5.74) is 2.46. The normalized spacial score (nSPS) is 10.5. The Hall–Kier alpha value is -2.37.